The van der Waals surface area contributed by atoms with Crippen LogP contribution in [0.2, 0.25) is 0 Å². The number of hydrogen-bond acceptors (Lipinski definition) is 14. The Labute approximate surface area is 265 Å². The van der Waals surface area contributed by atoms with E-state index in [4.69, 9.17) is 10.6 Å². The Morgan fingerprint density at radius 1 is 1.24 bits per heavy atom. The molecule has 5 rings (SSSR count). The number of amides is 2. The van der Waals surface area contributed by atoms with Gasteiger partial charge in [0.1, 0.15) is 40.8 Å². The van der Waals surface area contributed by atoms with Gasteiger partial charge in [0.05, 0.1) is 0 Å². The Morgan fingerprint density at radius 2 is 2.00 bits per heavy atom. The molecule has 1 radical (unpaired) electrons. The number of aromatic carboxylic acids is 1. The number of hydrogen-bond donors (Lipinski definition) is 4. The molecule has 0 unspecified atom stereocenters. The van der Waals surface area contributed by atoms with Gasteiger partial charge in [-0.2, -0.15) is 9.50 Å². The maximum absolute atomic E-state index is 13.1. The van der Waals surface area contributed by atoms with Crippen LogP contribution in [0.1, 0.15) is 22.0 Å². The molecule has 2 aliphatic heterocycles. The van der Waals surface area contributed by atoms with Crippen molar-refractivity contribution in [3.05, 3.63) is 39.9 Å². The molecule has 0 saturated carbocycles. The molecule has 20 heteroatoms. The minimum atomic E-state index is -1.30. The first-order valence-electron chi connectivity index (χ1n) is 11.2. The Balaban J connectivity index is 0.00000387. The first kappa shape index (κ1) is 30.7. The van der Waals surface area contributed by atoms with Crippen LogP contribution in [0.25, 0.3) is 5.78 Å². The zero-order chi connectivity index (χ0) is 28.7. The van der Waals surface area contributed by atoms with Crippen LogP contribution in [0.3, 0.4) is 0 Å². The molecule has 0 spiro atoms. The number of oxime groups is 1. The zero-order valence-electron chi connectivity index (χ0n) is 21.6. The predicted molar refractivity (Wildman–Crippen MR) is 149 cm³/mol. The van der Waals surface area contributed by atoms with Gasteiger partial charge < -0.3 is 26.1 Å². The maximum atomic E-state index is 13.1. The molecule has 1 fully saturated rings. The van der Waals surface area contributed by atoms with Crippen molar-refractivity contribution in [3.8, 4) is 0 Å². The van der Waals surface area contributed by atoms with Gasteiger partial charge in [0.2, 0.25) is 0 Å². The smallest absolute Gasteiger partial charge is 0.354 e. The van der Waals surface area contributed by atoms with Crippen molar-refractivity contribution in [1.82, 2.24) is 34.8 Å². The summed E-state index contributed by atoms with van der Waals surface area (Å²) in [5.74, 6) is -3.04. The van der Waals surface area contributed by atoms with Crippen LogP contribution in [0.4, 0.5) is 5.13 Å². The predicted octanol–water partition coefficient (Wildman–Crippen LogP) is -0.330. The third-order valence-electron chi connectivity index (χ3n) is 5.70. The zero-order valence-corrected chi connectivity index (χ0v) is 26.0. The van der Waals surface area contributed by atoms with Crippen molar-refractivity contribution in [3.63, 3.8) is 0 Å². The number of carbonyl (C=O) groups excluding carboxylic acids is 2. The van der Waals surface area contributed by atoms with Crippen molar-refractivity contribution >= 4 is 105 Å². The van der Waals surface area contributed by atoms with E-state index in [0.29, 0.717) is 16.4 Å². The van der Waals surface area contributed by atoms with E-state index >= 15 is 0 Å². The Hall–Kier alpha value is -3.23. The fourth-order valence-electron chi connectivity index (χ4n) is 4.01. The molecule has 0 aromatic carbocycles. The van der Waals surface area contributed by atoms with Crippen molar-refractivity contribution in [2.45, 2.75) is 23.4 Å². The number of thiazole rings is 1. The number of nitrogens with one attached hydrogen (secondary N) is 1. The molecule has 0 bridgehead atoms. The van der Waals surface area contributed by atoms with Crippen LogP contribution < -0.4 is 11.1 Å². The maximum Gasteiger partial charge on any atom is 0.354 e. The van der Waals surface area contributed by atoms with E-state index < -0.39 is 35.2 Å². The molecule has 3 aromatic heterocycles. The average Bonchev–Trinajstić information content (AvgIpc) is 3.52. The number of anilines is 1. The molecular weight excluding hydrogens is 609 g/mol. The Bertz CT molecular complexity index is 1640. The number of aryl methyl sites for hydroxylation is 1. The standard InChI is InChI=1S/C21H19N9O7S3.Na/c1-7-23-21-25-9(18(33)34)3-11(30(21)27-7)38-4-8-5-39-17-13(16(32)29(17)14(8)19(35)36)26-15(31)12(28-37-2)10-6-40-20(22)24-10;/h3,6,13,17H,4-5H2,1-2H3,(H2,22,24)(H,26,31)(H,33,34)(H,35,36);/b28-12-;/t13-,17-;/m1./s1. The molecule has 2 atom stereocenters. The molecule has 2 amide bonds. The number of carboxylic acids is 2. The van der Waals surface area contributed by atoms with E-state index in [0.717, 1.165) is 28.0 Å². The van der Waals surface area contributed by atoms with Crippen LogP contribution in [-0.4, -0.2) is 129 Å². The fourth-order valence-corrected chi connectivity index (χ4v) is 7.04. The first-order chi connectivity index (χ1) is 19.1. The van der Waals surface area contributed by atoms with Crippen molar-refractivity contribution in [2.75, 3.05) is 24.3 Å². The molecular formula is C21H19N9NaO7S3. The molecule has 16 nitrogen and oxygen atoms in total. The summed E-state index contributed by atoms with van der Waals surface area (Å²) in [7, 11) is 1.25. The summed E-state index contributed by atoms with van der Waals surface area (Å²) < 4.78 is 1.38. The topological polar surface area (TPSA) is 228 Å². The second-order valence-electron chi connectivity index (χ2n) is 8.26. The second-order valence-corrected chi connectivity index (χ2v) is 11.2. The molecule has 41 heavy (non-hydrogen) atoms. The molecule has 5 heterocycles. The van der Waals surface area contributed by atoms with Crippen molar-refractivity contribution < 1.29 is 34.2 Å². The van der Waals surface area contributed by atoms with Gasteiger partial charge >= 0.3 is 11.9 Å². The van der Waals surface area contributed by atoms with Gasteiger partial charge in [0.25, 0.3) is 17.6 Å². The number of β-lactam (4-membered cyclic amide) rings is 1. The number of nitrogens with zero attached hydrogens (tertiary/aromatic N) is 7. The summed E-state index contributed by atoms with van der Waals surface area (Å²) in [5.41, 5.74) is 5.65. The third-order valence-corrected chi connectivity index (χ3v) is 8.79. The summed E-state index contributed by atoms with van der Waals surface area (Å²) in [6.07, 6.45) is 0. The SMILES string of the molecule is CO/N=C(\C(=O)N[C@@H]1C(=O)N2C(C(=O)O)=C(CSc3cc(C(=O)O)nc4nc(C)nn34)CS[C@H]12)c1csc(N)n1.[Na]. The Kier molecular flexibility index (Phi) is 9.24. The summed E-state index contributed by atoms with van der Waals surface area (Å²) in [6, 6.07) is 0.318. The number of fused-ring (bicyclic) bond motifs is 2. The molecule has 3 aromatic rings. The monoisotopic (exact) mass is 628 g/mol. The van der Waals surface area contributed by atoms with Crippen LogP contribution in [0, 0.1) is 6.92 Å². The summed E-state index contributed by atoms with van der Waals surface area (Å²) in [4.78, 5) is 67.8. The minimum absolute atomic E-state index is 0. The van der Waals surface area contributed by atoms with E-state index in [-0.39, 0.29) is 74.8 Å². The third kappa shape index (κ3) is 5.90. The summed E-state index contributed by atoms with van der Waals surface area (Å²) >= 11 is 3.52. The molecule has 2 aliphatic rings. The van der Waals surface area contributed by atoms with Gasteiger partial charge in [-0.3, -0.25) is 14.5 Å². The number of nitrogen functional groups attached to an aromatic ring is 1. The van der Waals surface area contributed by atoms with Crippen LogP contribution >= 0.6 is 34.9 Å². The van der Waals surface area contributed by atoms with Gasteiger partial charge in [-0.1, -0.05) is 5.16 Å². The Morgan fingerprint density at radius 3 is 2.63 bits per heavy atom. The number of aromatic nitrogens is 5. The van der Waals surface area contributed by atoms with E-state index in [2.05, 4.69) is 30.5 Å². The largest absolute Gasteiger partial charge is 0.477 e. The second kappa shape index (κ2) is 12.3. The first-order valence-corrected chi connectivity index (χ1v) is 14.1. The van der Waals surface area contributed by atoms with Gasteiger partial charge in [-0.05, 0) is 12.5 Å². The van der Waals surface area contributed by atoms with Crippen molar-refractivity contribution in [2.24, 2.45) is 5.16 Å². The van der Waals surface area contributed by atoms with Crippen molar-refractivity contribution in [1.29, 1.82) is 0 Å². The number of nitrogens with two attached hydrogens (primary N) is 1. The van der Waals surface area contributed by atoms with Gasteiger partial charge in [-0.15, -0.1) is 40.0 Å². The van der Waals surface area contributed by atoms with E-state index in [1.807, 2.05) is 0 Å². The molecule has 5 N–H and O–H groups in total. The number of rotatable bonds is 9. The van der Waals surface area contributed by atoms with Crippen LogP contribution in [0.5, 0.6) is 0 Å². The molecule has 1 saturated heterocycles. The summed E-state index contributed by atoms with van der Waals surface area (Å²) in [6.45, 7) is 1.63. The number of carboxylic acid groups (broad SMARTS) is 2. The van der Waals surface area contributed by atoms with E-state index in [1.54, 1.807) is 6.92 Å². The van der Waals surface area contributed by atoms with Crippen LogP contribution in [0.15, 0.2) is 32.9 Å². The van der Waals surface area contributed by atoms with E-state index in [9.17, 15) is 29.4 Å². The number of thioether (sulfide) groups is 2. The number of carbonyl (C=O) groups is 4. The minimum Gasteiger partial charge on any atom is -0.477 e. The molecule has 209 valence electrons. The summed E-state index contributed by atoms with van der Waals surface area (Å²) in [5, 5.41) is 31.4. The van der Waals surface area contributed by atoms with Gasteiger partial charge in [-0.25, -0.2) is 19.6 Å². The average molecular weight is 629 g/mol. The quantitative estimate of drug-likeness (QED) is 0.0594. The van der Waals surface area contributed by atoms with Gasteiger partial charge in [0.15, 0.2) is 16.5 Å². The van der Waals surface area contributed by atoms with Crippen LogP contribution in [-0.2, 0) is 19.2 Å². The molecule has 0 aliphatic carbocycles. The van der Waals surface area contributed by atoms with E-state index in [1.165, 1.54) is 34.8 Å². The normalized spacial score (nSPS) is 18.4. The number of aliphatic carboxylic acids is 1. The van der Waals surface area contributed by atoms with Gasteiger partial charge in [0, 0.05) is 52.5 Å². The fraction of sp³-hybridized carbons (Fsp3) is 0.286.